The van der Waals surface area contributed by atoms with E-state index >= 15 is 0 Å². The molecule has 146 valence electrons. The van der Waals surface area contributed by atoms with Crippen molar-refractivity contribution in [2.75, 3.05) is 9.62 Å². The molecule has 0 spiro atoms. The van der Waals surface area contributed by atoms with E-state index in [1.54, 1.807) is 62.4 Å². The zero-order chi connectivity index (χ0) is 20.1. The van der Waals surface area contributed by atoms with Crippen molar-refractivity contribution >= 4 is 33.2 Å². The second-order valence-corrected chi connectivity index (χ2v) is 8.85. The first kappa shape index (κ1) is 18.6. The normalized spacial score (nSPS) is 24.5. The van der Waals surface area contributed by atoms with E-state index in [0.29, 0.717) is 22.5 Å². The molecule has 0 aromatic heterocycles. The Bertz CT molecular complexity index is 1010. The first-order valence-electron chi connectivity index (χ1n) is 8.90. The third kappa shape index (κ3) is 2.97. The van der Waals surface area contributed by atoms with Crippen LogP contribution >= 0.6 is 0 Å². The Kier molecular flexibility index (Phi) is 4.45. The molecule has 1 saturated heterocycles. The number of fused-ring (bicyclic) bond motifs is 1. The van der Waals surface area contributed by atoms with Crippen LogP contribution in [0.25, 0.3) is 0 Å². The molecule has 0 bridgehead atoms. The van der Waals surface area contributed by atoms with E-state index in [0.717, 1.165) is 4.90 Å². The van der Waals surface area contributed by atoms with Crippen LogP contribution in [0, 0.1) is 0 Å². The van der Waals surface area contributed by atoms with Gasteiger partial charge in [0.2, 0.25) is 10.0 Å². The number of hydrogen-bond donors (Lipinski definition) is 3. The van der Waals surface area contributed by atoms with Crippen molar-refractivity contribution in [2.24, 2.45) is 0 Å². The summed E-state index contributed by atoms with van der Waals surface area (Å²) in [4.78, 5) is 26.2. The molecular weight excluding hydrogens is 380 g/mol. The molecule has 0 saturated carbocycles. The largest absolute Gasteiger partial charge is 0.283 e. The first-order valence-corrected chi connectivity index (χ1v) is 10.4. The number of sulfonamides is 1. The molecule has 2 unspecified atom stereocenters. The highest BCUT2D eigenvalue weighted by atomic mass is 32.2. The smallest absolute Gasteiger partial charge is 0.266 e. The fraction of sp³-hybridized carbons (Fsp3) is 0.263. The van der Waals surface area contributed by atoms with Crippen LogP contribution in [0.4, 0.5) is 11.4 Å². The van der Waals surface area contributed by atoms with Gasteiger partial charge in [-0.15, -0.1) is 0 Å². The van der Waals surface area contributed by atoms with E-state index in [1.807, 2.05) is 0 Å². The Labute approximate surface area is 162 Å². The molecule has 2 amide bonds. The molecule has 28 heavy (non-hydrogen) atoms. The predicted octanol–water partition coefficient (Wildman–Crippen LogP) is 1.48. The van der Waals surface area contributed by atoms with Crippen molar-refractivity contribution in [2.45, 2.75) is 31.2 Å². The SMILES string of the molecule is CC1NNC(C)C1S(=O)(=O)Nc1ccc(N2C(=O)c3ccccc3C2=O)cc1. The molecule has 2 aliphatic rings. The van der Waals surface area contributed by atoms with Crippen LogP contribution in [-0.4, -0.2) is 37.6 Å². The minimum atomic E-state index is -3.63. The number of carbonyl (C=O) groups is 2. The van der Waals surface area contributed by atoms with Crippen LogP contribution in [0.5, 0.6) is 0 Å². The van der Waals surface area contributed by atoms with Crippen LogP contribution in [0.3, 0.4) is 0 Å². The summed E-state index contributed by atoms with van der Waals surface area (Å²) in [5.74, 6) is -0.778. The van der Waals surface area contributed by atoms with E-state index in [2.05, 4.69) is 15.6 Å². The van der Waals surface area contributed by atoms with Gasteiger partial charge < -0.3 is 0 Å². The summed E-state index contributed by atoms with van der Waals surface area (Å²) in [6.07, 6.45) is 0. The van der Waals surface area contributed by atoms with Gasteiger partial charge in [-0.3, -0.25) is 25.2 Å². The summed E-state index contributed by atoms with van der Waals surface area (Å²) in [6, 6.07) is 12.3. The molecule has 1 fully saturated rings. The van der Waals surface area contributed by atoms with E-state index < -0.39 is 15.3 Å². The Morgan fingerprint density at radius 3 is 1.86 bits per heavy atom. The van der Waals surface area contributed by atoms with E-state index in [-0.39, 0.29) is 23.9 Å². The molecule has 2 aromatic rings. The predicted molar refractivity (Wildman–Crippen MR) is 106 cm³/mol. The van der Waals surface area contributed by atoms with Gasteiger partial charge in [0.05, 0.1) is 16.8 Å². The maximum Gasteiger partial charge on any atom is 0.266 e. The molecule has 3 N–H and O–H groups in total. The van der Waals surface area contributed by atoms with Crippen LogP contribution in [0.2, 0.25) is 0 Å². The number of anilines is 2. The molecule has 9 heteroatoms. The number of nitrogens with one attached hydrogen (secondary N) is 3. The van der Waals surface area contributed by atoms with Gasteiger partial charge in [-0.25, -0.2) is 13.3 Å². The minimum absolute atomic E-state index is 0.245. The lowest BCUT2D eigenvalue weighted by Crippen LogP contribution is -2.41. The van der Waals surface area contributed by atoms with E-state index in [4.69, 9.17) is 0 Å². The van der Waals surface area contributed by atoms with Crippen molar-refractivity contribution in [3.8, 4) is 0 Å². The van der Waals surface area contributed by atoms with Crippen molar-refractivity contribution in [1.29, 1.82) is 0 Å². The maximum absolute atomic E-state index is 12.7. The summed E-state index contributed by atoms with van der Waals surface area (Å²) in [7, 11) is -3.63. The van der Waals surface area contributed by atoms with Crippen LogP contribution in [0.1, 0.15) is 34.6 Å². The molecule has 2 heterocycles. The van der Waals surface area contributed by atoms with Crippen molar-refractivity contribution in [3.63, 3.8) is 0 Å². The number of hydrogen-bond acceptors (Lipinski definition) is 6. The van der Waals surface area contributed by atoms with Crippen molar-refractivity contribution in [3.05, 3.63) is 59.7 Å². The van der Waals surface area contributed by atoms with Gasteiger partial charge in [0.25, 0.3) is 11.8 Å². The van der Waals surface area contributed by atoms with E-state index in [1.165, 1.54) is 0 Å². The number of hydrazine groups is 1. The van der Waals surface area contributed by atoms with Crippen molar-refractivity contribution < 1.29 is 18.0 Å². The van der Waals surface area contributed by atoms with E-state index in [9.17, 15) is 18.0 Å². The lowest BCUT2D eigenvalue weighted by atomic mass is 10.1. The average Bonchev–Trinajstić information content (AvgIpc) is 3.13. The number of rotatable bonds is 4. The highest BCUT2D eigenvalue weighted by Gasteiger charge is 2.40. The Hall–Kier alpha value is -2.75. The highest BCUT2D eigenvalue weighted by Crippen LogP contribution is 2.29. The van der Waals surface area contributed by atoms with Gasteiger partial charge in [-0.1, -0.05) is 12.1 Å². The monoisotopic (exact) mass is 400 g/mol. The summed E-state index contributed by atoms with van der Waals surface area (Å²) in [5.41, 5.74) is 7.33. The second kappa shape index (κ2) is 6.69. The third-order valence-electron chi connectivity index (χ3n) is 5.06. The van der Waals surface area contributed by atoms with Gasteiger partial charge in [-0.2, -0.15) is 0 Å². The van der Waals surface area contributed by atoms with Gasteiger partial charge in [-0.05, 0) is 50.2 Å². The molecule has 0 aliphatic carbocycles. The molecule has 0 radical (unpaired) electrons. The number of imide groups is 1. The molecule has 4 rings (SSSR count). The van der Waals surface area contributed by atoms with Crippen LogP contribution in [-0.2, 0) is 10.0 Å². The third-order valence-corrected chi connectivity index (χ3v) is 7.12. The quantitative estimate of drug-likeness (QED) is 0.671. The number of benzene rings is 2. The zero-order valence-corrected chi connectivity index (χ0v) is 16.2. The molecule has 2 aromatic carbocycles. The zero-order valence-electron chi connectivity index (χ0n) is 15.3. The first-order chi connectivity index (χ1) is 13.3. The molecule has 8 nitrogen and oxygen atoms in total. The molecular formula is C19H20N4O4S. The lowest BCUT2D eigenvalue weighted by Gasteiger charge is -2.20. The number of carbonyl (C=O) groups excluding carboxylic acids is 2. The highest BCUT2D eigenvalue weighted by molar-refractivity contribution is 7.93. The fourth-order valence-corrected chi connectivity index (χ4v) is 5.54. The van der Waals surface area contributed by atoms with Gasteiger partial charge in [0.1, 0.15) is 5.25 Å². The van der Waals surface area contributed by atoms with Gasteiger partial charge in [0, 0.05) is 17.8 Å². The topological polar surface area (TPSA) is 108 Å². The number of amides is 2. The average molecular weight is 400 g/mol. The van der Waals surface area contributed by atoms with Gasteiger partial charge in [0.15, 0.2) is 0 Å². The number of nitrogens with zero attached hydrogens (tertiary/aromatic N) is 1. The Morgan fingerprint density at radius 2 is 1.36 bits per heavy atom. The van der Waals surface area contributed by atoms with Crippen LogP contribution < -0.4 is 20.5 Å². The van der Waals surface area contributed by atoms with Crippen molar-refractivity contribution in [1.82, 2.24) is 10.9 Å². The molecule has 2 aliphatic heterocycles. The van der Waals surface area contributed by atoms with Crippen LogP contribution in [0.15, 0.2) is 48.5 Å². The summed E-state index contributed by atoms with van der Waals surface area (Å²) >= 11 is 0. The molecule has 2 atom stereocenters. The standard InChI is InChI=1S/C19H20N4O4S/c1-11-17(12(2)21-20-11)28(26,27)22-13-7-9-14(10-8-13)23-18(24)15-5-3-4-6-16(15)19(23)25/h3-12,17,20-22H,1-2H3. The maximum atomic E-state index is 12.7. The minimum Gasteiger partial charge on any atom is -0.283 e. The van der Waals surface area contributed by atoms with Gasteiger partial charge >= 0.3 is 0 Å². The summed E-state index contributed by atoms with van der Waals surface area (Å²) in [5, 5.41) is -0.636. The lowest BCUT2D eigenvalue weighted by molar-refractivity contribution is 0.0926. The summed E-state index contributed by atoms with van der Waals surface area (Å²) < 4.78 is 28.0. The Balaban J connectivity index is 1.56. The second-order valence-electron chi connectivity index (χ2n) is 7.02. The Morgan fingerprint density at radius 1 is 0.857 bits per heavy atom. The summed E-state index contributed by atoms with van der Waals surface area (Å²) in [6.45, 7) is 3.59. The fourth-order valence-electron chi connectivity index (χ4n) is 3.73.